The molecule has 0 saturated carbocycles. The van der Waals surface area contributed by atoms with Gasteiger partial charge in [-0.25, -0.2) is 0 Å². The third-order valence-corrected chi connectivity index (χ3v) is 2.93. The van der Waals surface area contributed by atoms with Crippen molar-refractivity contribution in [2.75, 3.05) is 25.5 Å². The Labute approximate surface area is 116 Å². The molecule has 4 nitrogen and oxygen atoms in total. The van der Waals surface area contributed by atoms with Crippen LogP contribution in [0.2, 0.25) is 0 Å². The molecule has 1 N–H and O–H groups in total. The van der Waals surface area contributed by atoms with Crippen molar-refractivity contribution >= 4 is 21.8 Å². The normalized spacial score (nSPS) is 10.2. The number of carbonyl (C=O) groups is 1. The van der Waals surface area contributed by atoms with Gasteiger partial charge in [-0.15, -0.1) is 0 Å². The van der Waals surface area contributed by atoms with E-state index in [0.717, 1.165) is 11.8 Å². The fraction of sp³-hybridized carbons (Fsp3) is 0.462. The number of alkyl halides is 1. The minimum atomic E-state index is -0.156. The molecular weight excluding hydrogens is 298 g/mol. The second-order valence-electron chi connectivity index (χ2n) is 3.86. The van der Waals surface area contributed by atoms with E-state index in [-0.39, 0.29) is 11.7 Å². The number of carbonyl (C=O) groups excluding carboxylic acids is 1. The van der Waals surface area contributed by atoms with Crippen LogP contribution in [-0.2, 0) is 0 Å². The Hall–Kier alpha value is -1.23. The Morgan fingerprint density at radius 3 is 2.67 bits per heavy atom. The van der Waals surface area contributed by atoms with E-state index in [4.69, 9.17) is 4.74 Å². The number of ether oxygens (including phenoxy) is 1. The van der Waals surface area contributed by atoms with Crippen LogP contribution in [0.25, 0.3) is 0 Å². The van der Waals surface area contributed by atoms with Crippen LogP contribution in [0.5, 0.6) is 11.5 Å². The maximum absolute atomic E-state index is 12.2. The number of hydrogen-bond acceptors (Lipinski definition) is 3. The minimum Gasteiger partial charge on any atom is -0.507 e. The number of rotatable bonds is 6. The fourth-order valence-corrected chi connectivity index (χ4v) is 2.10. The molecule has 0 unspecified atom stereocenters. The van der Waals surface area contributed by atoms with Crippen LogP contribution in [0.1, 0.15) is 23.7 Å². The van der Waals surface area contributed by atoms with Gasteiger partial charge >= 0.3 is 0 Å². The summed E-state index contributed by atoms with van der Waals surface area (Å²) in [6, 6.07) is 4.71. The number of methoxy groups -OCH3 is 1. The molecule has 0 aliphatic rings. The first-order chi connectivity index (χ1) is 8.63. The lowest BCUT2D eigenvalue weighted by Crippen LogP contribution is -2.33. The number of aromatic hydroxyl groups is 1. The van der Waals surface area contributed by atoms with Gasteiger partial charge in [-0.2, -0.15) is 0 Å². The summed E-state index contributed by atoms with van der Waals surface area (Å²) >= 11 is 3.33. The number of halogens is 1. The number of phenols is 1. The zero-order valence-electron chi connectivity index (χ0n) is 10.6. The summed E-state index contributed by atoms with van der Waals surface area (Å²) in [4.78, 5) is 14.0. The van der Waals surface area contributed by atoms with E-state index in [1.807, 2.05) is 6.92 Å². The van der Waals surface area contributed by atoms with E-state index in [0.29, 0.717) is 24.4 Å². The maximum atomic E-state index is 12.2. The Morgan fingerprint density at radius 1 is 1.44 bits per heavy atom. The van der Waals surface area contributed by atoms with E-state index < -0.39 is 0 Å². The minimum absolute atomic E-state index is 0.0463. The van der Waals surface area contributed by atoms with Gasteiger partial charge in [0, 0.05) is 24.5 Å². The van der Waals surface area contributed by atoms with E-state index in [9.17, 15) is 9.90 Å². The number of phenolic OH excluding ortho intramolecular Hbond substituents is 1. The lowest BCUT2D eigenvalue weighted by molar-refractivity contribution is 0.0763. The van der Waals surface area contributed by atoms with Crippen LogP contribution in [-0.4, -0.2) is 41.4 Å². The van der Waals surface area contributed by atoms with Crippen LogP contribution in [0, 0.1) is 0 Å². The summed E-state index contributed by atoms with van der Waals surface area (Å²) in [7, 11) is 1.52. The lowest BCUT2D eigenvalue weighted by Gasteiger charge is -2.21. The summed E-state index contributed by atoms with van der Waals surface area (Å²) < 4.78 is 4.99. The smallest absolute Gasteiger partial charge is 0.257 e. The molecule has 0 aliphatic heterocycles. The second kappa shape index (κ2) is 7.26. The molecule has 5 heteroatoms. The zero-order valence-corrected chi connectivity index (χ0v) is 12.2. The molecule has 0 bridgehead atoms. The molecule has 0 fully saturated rings. The molecule has 0 heterocycles. The van der Waals surface area contributed by atoms with Crippen molar-refractivity contribution in [3.8, 4) is 11.5 Å². The van der Waals surface area contributed by atoms with Gasteiger partial charge in [-0.05, 0) is 18.6 Å². The van der Waals surface area contributed by atoms with Crippen molar-refractivity contribution in [1.82, 2.24) is 4.90 Å². The van der Waals surface area contributed by atoms with Gasteiger partial charge in [-0.3, -0.25) is 4.79 Å². The summed E-state index contributed by atoms with van der Waals surface area (Å²) in [6.07, 6.45) is 0.885. The molecule has 0 atom stereocenters. The van der Waals surface area contributed by atoms with Gasteiger partial charge in [0.25, 0.3) is 5.91 Å². The Bertz CT molecular complexity index is 403. The number of amides is 1. The molecule has 0 saturated heterocycles. The molecular formula is C13H18BrNO3. The fourth-order valence-electron chi connectivity index (χ4n) is 1.68. The number of benzene rings is 1. The molecule has 1 aromatic rings. The van der Waals surface area contributed by atoms with Gasteiger partial charge in [0.15, 0.2) is 0 Å². The van der Waals surface area contributed by atoms with Crippen LogP contribution in [0.4, 0.5) is 0 Å². The van der Waals surface area contributed by atoms with E-state index in [1.54, 1.807) is 17.0 Å². The molecule has 1 aromatic carbocycles. The quantitative estimate of drug-likeness (QED) is 0.821. The highest BCUT2D eigenvalue weighted by Gasteiger charge is 2.18. The monoisotopic (exact) mass is 315 g/mol. The van der Waals surface area contributed by atoms with Gasteiger partial charge in [-0.1, -0.05) is 22.9 Å². The highest BCUT2D eigenvalue weighted by molar-refractivity contribution is 9.09. The maximum Gasteiger partial charge on any atom is 0.257 e. The standard InChI is InChI=1S/C13H18BrNO3/c1-3-7-15(8-6-14)13(17)11-5-4-10(18-2)9-12(11)16/h4-5,9,16H,3,6-8H2,1-2H3. The van der Waals surface area contributed by atoms with Gasteiger partial charge in [0.05, 0.1) is 12.7 Å². The van der Waals surface area contributed by atoms with Crippen LogP contribution in [0.15, 0.2) is 18.2 Å². The molecule has 100 valence electrons. The highest BCUT2D eigenvalue weighted by atomic mass is 79.9. The summed E-state index contributed by atoms with van der Waals surface area (Å²) in [5.41, 5.74) is 0.310. The molecule has 1 amide bonds. The molecule has 0 spiro atoms. The summed E-state index contributed by atoms with van der Waals surface area (Å²) in [5.74, 6) is 0.332. The first kappa shape index (κ1) is 14.8. The predicted molar refractivity (Wildman–Crippen MR) is 74.6 cm³/mol. The van der Waals surface area contributed by atoms with Crippen LogP contribution in [0.3, 0.4) is 0 Å². The highest BCUT2D eigenvalue weighted by Crippen LogP contribution is 2.24. The number of hydrogen-bond donors (Lipinski definition) is 1. The molecule has 0 aromatic heterocycles. The van der Waals surface area contributed by atoms with Gasteiger partial charge in [0.1, 0.15) is 11.5 Å². The average molecular weight is 316 g/mol. The van der Waals surface area contributed by atoms with E-state index in [2.05, 4.69) is 15.9 Å². The Morgan fingerprint density at radius 2 is 2.17 bits per heavy atom. The Kier molecular flexibility index (Phi) is 5.98. The largest absolute Gasteiger partial charge is 0.507 e. The zero-order chi connectivity index (χ0) is 13.5. The predicted octanol–water partition coefficient (Wildman–Crippen LogP) is 2.65. The van der Waals surface area contributed by atoms with Crippen molar-refractivity contribution in [1.29, 1.82) is 0 Å². The second-order valence-corrected chi connectivity index (χ2v) is 4.66. The van der Waals surface area contributed by atoms with Gasteiger partial charge < -0.3 is 14.7 Å². The third kappa shape index (κ3) is 3.63. The molecule has 0 radical (unpaired) electrons. The van der Waals surface area contributed by atoms with Gasteiger partial charge in [0.2, 0.25) is 0 Å². The third-order valence-electron chi connectivity index (χ3n) is 2.57. The van der Waals surface area contributed by atoms with Crippen molar-refractivity contribution in [3.63, 3.8) is 0 Å². The number of nitrogens with zero attached hydrogens (tertiary/aromatic N) is 1. The lowest BCUT2D eigenvalue weighted by atomic mass is 10.1. The molecule has 1 rings (SSSR count). The van der Waals surface area contributed by atoms with Crippen LogP contribution >= 0.6 is 15.9 Å². The molecule has 18 heavy (non-hydrogen) atoms. The van der Waals surface area contributed by atoms with E-state index >= 15 is 0 Å². The SMILES string of the molecule is CCCN(CCBr)C(=O)c1ccc(OC)cc1O. The molecule has 0 aliphatic carbocycles. The topological polar surface area (TPSA) is 49.8 Å². The van der Waals surface area contributed by atoms with Crippen molar-refractivity contribution < 1.29 is 14.6 Å². The van der Waals surface area contributed by atoms with Crippen LogP contribution < -0.4 is 4.74 Å². The average Bonchev–Trinajstić information content (AvgIpc) is 2.37. The summed E-state index contributed by atoms with van der Waals surface area (Å²) in [5, 5.41) is 10.6. The van der Waals surface area contributed by atoms with Crippen molar-refractivity contribution in [3.05, 3.63) is 23.8 Å². The van der Waals surface area contributed by atoms with E-state index in [1.165, 1.54) is 13.2 Å². The van der Waals surface area contributed by atoms with Crippen molar-refractivity contribution in [2.45, 2.75) is 13.3 Å². The first-order valence-corrected chi connectivity index (χ1v) is 6.98. The summed E-state index contributed by atoms with van der Waals surface area (Å²) in [6.45, 7) is 3.32. The van der Waals surface area contributed by atoms with Crippen molar-refractivity contribution in [2.24, 2.45) is 0 Å². The Balaban J connectivity index is 2.93. The first-order valence-electron chi connectivity index (χ1n) is 5.86.